The molecule has 1 N–H and O–H groups in total. The Morgan fingerprint density at radius 1 is 1.36 bits per heavy atom. The number of benzene rings is 1. The van der Waals surface area contributed by atoms with Crippen LogP contribution in [-0.4, -0.2) is 41.3 Å². The van der Waals surface area contributed by atoms with E-state index in [1.807, 2.05) is 6.07 Å². The highest BCUT2D eigenvalue weighted by Crippen LogP contribution is 2.16. The highest BCUT2D eigenvalue weighted by Gasteiger charge is 2.25. The van der Waals surface area contributed by atoms with E-state index in [2.05, 4.69) is 0 Å². The molecule has 0 radical (unpaired) electrons. The lowest BCUT2D eigenvalue weighted by Crippen LogP contribution is -2.39. The molecule has 1 aromatic carbocycles. The minimum atomic E-state index is -0.963. The molecule has 1 rings (SSSR count). The Morgan fingerprint density at radius 2 is 2.00 bits per heavy atom. The third kappa shape index (κ3) is 6.35. The molecular weight excluding hydrogens is 306 g/mol. The van der Waals surface area contributed by atoms with Crippen LogP contribution in [0.5, 0.6) is 0 Å². The van der Waals surface area contributed by atoms with Crippen LogP contribution in [0.3, 0.4) is 0 Å². The Morgan fingerprint density at radius 3 is 2.50 bits per heavy atom. The van der Waals surface area contributed by atoms with Gasteiger partial charge in [-0.3, -0.25) is 4.79 Å². The number of amides is 1. The number of carboxylic acids is 1. The molecule has 1 amide bonds. The van der Waals surface area contributed by atoms with E-state index in [1.54, 1.807) is 39.0 Å². The van der Waals surface area contributed by atoms with Crippen molar-refractivity contribution in [2.45, 2.75) is 32.8 Å². The van der Waals surface area contributed by atoms with Gasteiger partial charge in [0.25, 0.3) is 0 Å². The second-order valence-corrected chi connectivity index (χ2v) is 6.67. The van der Waals surface area contributed by atoms with Crippen molar-refractivity contribution in [1.29, 1.82) is 0 Å². The fraction of sp³-hybridized carbons (Fsp3) is 0.500. The van der Waals surface area contributed by atoms with Gasteiger partial charge in [-0.2, -0.15) is 0 Å². The molecule has 0 aliphatic carbocycles. The smallest absolute Gasteiger partial charge is 0.410 e. The molecule has 0 aliphatic heterocycles. The fourth-order valence-corrected chi connectivity index (χ4v) is 2.14. The summed E-state index contributed by atoms with van der Waals surface area (Å²) < 4.78 is 5.22. The third-order valence-electron chi connectivity index (χ3n) is 2.92. The maximum Gasteiger partial charge on any atom is 0.410 e. The highest BCUT2D eigenvalue weighted by atomic mass is 35.5. The average molecular weight is 328 g/mol. The van der Waals surface area contributed by atoms with Crippen molar-refractivity contribution >= 4 is 23.7 Å². The van der Waals surface area contributed by atoms with Crippen molar-refractivity contribution in [2.75, 3.05) is 13.6 Å². The maximum absolute atomic E-state index is 11.9. The first-order valence-electron chi connectivity index (χ1n) is 7.00. The van der Waals surface area contributed by atoms with Gasteiger partial charge in [-0.1, -0.05) is 23.7 Å². The normalized spacial score (nSPS) is 12.6. The van der Waals surface area contributed by atoms with Gasteiger partial charge in [0.15, 0.2) is 0 Å². The molecule has 5 nitrogen and oxygen atoms in total. The van der Waals surface area contributed by atoms with Crippen molar-refractivity contribution in [3.8, 4) is 0 Å². The number of rotatable bonds is 5. The summed E-state index contributed by atoms with van der Waals surface area (Å²) in [5.74, 6) is -1.69. The van der Waals surface area contributed by atoms with Crippen LogP contribution in [0.15, 0.2) is 24.3 Å². The number of hydrogen-bond acceptors (Lipinski definition) is 3. The van der Waals surface area contributed by atoms with Gasteiger partial charge in [0.2, 0.25) is 0 Å². The van der Waals surface area contributed by atoms with Crippen molar-refractivity contribution in [1.82, 2.24) is 4.90 Å². The zero-order valence-corrected chi connectivity index (χ0v) is 14.1. The van der Waals surface area contributed by atoms with Gasteiger partial charge in [0.05, 0.1) is 5.92 Å². The quantitative estimate of drug-likeness (QED) is 0.899. The standard InChI is InChI=1S/C16H22ClNO4/c1-16(2,3)22-15(21)18(4)10-12(14(19)20)8-11-6-5-7-13(17)9-11/h5-7,9,12H,8,10H2,1-4H3,(H,19,20)/t12-/m0/s1. The molecule has 22 heavy (non-hydrogen) atoms. The monoisotopic (exact) mass is 327 g/mol. The van der Waals surface area contributed by atoms with Gasteiger partial charge in [0, 0.05) is 18.6 Å². The molecule has 0 saturated heterocycles. The van der Waals surface area contributed by atoms with Crippen molar-refractivity contribution < 1.29 is 19.4 Å². The molecule has 122 valence electrons. The minimum Gasteiger partial charge on any atom is -0.481 e. The number of carbonyl (C=O) groups is 2. The lowest BCUT2D eigenvalue weighted by Gasteiger charge is -2.26. The van der Waals surface area contributed by atoms with Crippen molar-refractivity contribution in [3.63, 3.8) is 0 Å². The summed E-state index contributed by atoms with van der Waals surface area (Å²) in [4.78, 5) is 24.6. The lowest BCUT2D eigenvalue weighted by atomic mass is 9.99. The lowest BCUT2D eigenvalue weighted by molar-refractivity contribution is -0.142. The summed E-state index contributed by atoms with van der Waals surface area (Å²) in [5, 5.41) is 9.91. The molecule has 0 fully saturated rings. The van der Waals surface area contributed by atoms with Gasteiger partial charge in [0.1, 0.15) is 5.60 Å². The number of halogens is 1. The second kappa shape index (κ2) is 7.49. The van der Waals surface area contributed by atoms with Gasteiger partial charge >= 0.3 is 12.1 Å². The van der Waals surface area contributed by atoms with Crippen LogP contribution >= 0.6 is 11.6 Å². The van der Waals surface area contributed by atoms with E-state index in [1.165, 1.54) is 11.9 Å². The van der Waals surface area contributed by atoms with Gasteiger partial charge in [-0.05, 0) is 44.9 Å². The number of ether oxygens (including phenoxy) is 1. The Kier molecular flexibility index (Phi) is 6.23. The van der Waals surface area contributed by atoms with Crippen LogP contribution in [0.4, 0.5) is 4.79 Å². The van der Waals surface area contributed by atoms with Crippen LogP contribution in [0.25, 0.3) is 0 Å². The first-order valence-corrected chi connectivity index (χ1v) is 7.37. The Hall–Kier alpha value is -1.75. The van der Waals surface area contributed by atoms with Crippen LogP contribution < -0.4 is 0 Å². The van der Waals surface area contributed by atoms with Crippen LogP contribution in [0.2, 0.25) is 5.02 Å². The Bertz CT molecular complexity index is 539. The highest BCUT2D eigenvalue weighted by molar-refractivity contribution is 6.30. The second-order valence-electron chi connectivity index (χ2n) is 6.23. The van der Waals surface area contributed by atoms with E-state index in [4.69, 9.17) is 16.3 Å². The van der Waals surface area contributed by atoms with Crippen LogP contribution in [0.1, 0.15) is 26.3 Å². The molecule has 1 aromatic rings. The average Bonchev–Trinajstić information content (AvgIpc) is 2.35. The largest absolute Gasteiger partial charge is 0.481 e. The summed E-state index contributed by atoms with van der Waals surface area (Å²) >= 11 is 5.90. The zero-order chi connectivity index (χ0) is 16.9. The van der Waals surface area contributed by atoms with Gasteiger partial charge in [-0.25, -0.2) is 4.79 Å². The minimum absolute atomic E-state index is 0.0662. The number of carboxylic acid groups (broad SMARTS) is 1. The molecule has 6 heteroatoms. The SMILES string of the molecule is CN(C[C@H](Cc1cccc(Cl)c1)C(=O)O)C(=O)OC(C)(C)C. The fourth-order valence-electron chi connectivity index (χ4n) is 1.92. The van der Waals surface area contributed by atoms with Crippen LogP contribution in [-0.2, 0) is 16.0 Å². The predicted octanol–water partition coefficient (Wildman–Crippen LogP) is 3.45. The number of hydrogen-bond donors (Lipinski definition) is 1. The maximum atomic E-state index is 11.9. The zero-order valence-electron chi connectivity index (χ0n) is 13.3. The van der Waals surface area contributed by atoms with E-state index in [0.29, 0.717) is 11.4 Å². The summed E-state index contributed by atoms with van der Waals surface area (Å²) in [6.45, 7) is 5.36. The summed E-state index contributed by atoms with van der Waals surface area (Å²) in [6.07, 6.45) is -0.243. The third-order valence-corrected chi connectivity index (χ3v) is 3.15. The van der Waals surface area contributed by atoms with E-state index < -0.39 is 23.6 Å². The first-order chi connectivity index (χ1) is 10.1. The molecule has 0 spiro atoms. The number of carbonyl (C=O) groups excluding carboxylic acids is 1. The summed E-state index contributed by atoms with van der Waals surface area (Å²) in [5.41, 5.74) is 0.203. The topological polar surface area (TPSA) is 66.8 Å². The van der Waals surface area contributed by atoms with Crippen molar-refractivity contribution in [2.24, 2.45) is 5.92 Å². The summed E-state index contributed by atoms with van der Waals surface area (Å²) in [6, 6.07) is 7.04. The summed E-state index contributed by atoms with van der Waals surface area (Å²) in [7, 11) is 1.53. The molecular formula is C16H22ClNO4. The Labute approximate surface area is 135 Å². The predicted molar refractivity (Wildman–Crippen MR) is 85.1 cm³/mol. The molecule has 0 saturated carbocycles. The van der Waals surface area contributed by atoms with Crippen molar-refractivity contribution in [3.05, 3.63) is 34.9 Å². The van der Waals surface area contributed by atoms with E-state index in [9.17, 15) is 14.7 Å². The van der Waals surface area contributed by atoms with Gasteiger partial charge < -0.3 is 14.7 Å². The van der Waals surface area contributed by atoms with E-state index >= 15 is 0 Å². The van der Waals surface area contributed by atoms with Gasteiger partial charge in [-0.15, -0.1) is 0 Å². The number of nitrogens with zero attached hydrogens (tertiary/aromatic N) is 1. The Balaban J connectivity index is 2.72. The number of aliphatic carboxylic acids is 1. The molecule has 0 heterocycles. The molecule has 0 aliphatic rings. The molecule has 1 atom stereocenters. The molecule has 0 unspecified atom stereocenters. The van der Waals surface area contributed by atoms with E-state index in [-0.39, 0.29) is 6.54 Å². The van der Waals surface area contributed by atoms with E-state index in [0.717, 1.165) is 5.56 Å². The molecule has 0 aromatic heterocycles. The first kappa shape index (κ1) is 18.3. The molecule has 0 bridgehead atoms. The van der Waals surface area contributed by atoms with Crippen LogP contribution in [0, 0.1) is 5.92 Å².